The Labute approximate surface area is 180 Å². The maximum absolute atomic E-state index is 12.7. The second-order valence-corrected chi connectivity index (χ2v) is 9.97. The van der Waals surface area contributed by atoms with Gasteiger partial charge in [-0.05, 0) is 55.5 Å². The van der Waals surface area contributed by atoms with Gasteiger partial charge in [-0.1, -0.05) is 6.07 Å². The third kappa shape index (κ3) is 5.59. The van der Waals surface area contributed by atoms with Crippen LogP contribution in [0.3, 0.4) is 0 Å². The highest BCUT2D eigenvalue weighted by Crippen LogP contribution is 2.26. The summed E-state index contributed by atoms with van der Waals surface area (Å²) in [5.74, 6) is -0.441. The van der Waals surface area contributed by atoms with E-state index in [2.05, 4.69) is 10.6 Å². The van der Waals surface area contributed by atoms with Gasteiger partial charge in [0.15, 0.2) is 0 Å². The zero-order valence-corrected chi connectivity index (χ0v) is 18.3. The zero-order chi connectivity index (χ0) is 21.6. The van der Waals surface area contributed by atoms with Gasteiger partial charge in [-0.3, -0.25) is 9.59 Å². The topological polar surface area (TPSA) is 105 Å². The van der Waals surface area contributed by atoms with E-state index in [4.69, 9.17) is 4.74 Å². The molecule has 1 fully saturated rings. The number of anilines is 1. The number of rotatable bonds is 8. The smallest absolute Gasteiger partial charge is 0.252 e. The summed E-state index contributed by atoms with van der Waals surface area (Å²) >= 11 is 1.16. The first-order chi connectivity index (χ1) is 14.4. The summed E-state index contributed by atoms with van der Waals surface area (Å²) in [6.07, 6.45) is 1.18. The van der Waals surface area contributed by atoms with Crippen molar-refractivity contribution in [1.82, 2.24) is 9.62 Å². The summed E-state index contributed by atoms with van der Waals surface area (Å²) in [6.45, 7) is 2.78. The Bertz CT molecular complexity index is 959. The van der Waals surface area contributed by atoms with E-state index >= 15 is 0 Å². The highest BCUT2D eigenvalue weighted by atomic mass is 32.2. The molecule has 3 rings (SSSR count). The minimum Gasteiger partial charge on any atom is -0.494 e. The van der Waals surface area contributed by atoms with Gasteiger partial charge >= 0.3 is 0 Å². The highest BCUT2D eigenvalue weighted by molar-refractivity contribution is 7.91. The molecule has 1 aromatic carbocycles. The monoisotopic (exact) mass is 451 g/mol. The van der Waals surface area contributed by atoms with Gasteiger partial charge in [-0.2, -0.15) is 4.31 Å². The summed E-state index contributed by atoms with van der Waals surface area (Å²) in [5.41, 5.74) is 0.601. The fraction of sp³-hybridized carbons (Fsp3) is 0.400. The lowest BCUT2D eigenvalue weighted by Crippen LogP contribution is -2.46. The molecule has 30 heavy (non-hydrogen) atoms. The minimum absolute atomic E-state index is 0.118. The van der Waals surface area contributed by atoms with E-state index < -0.39 is 15.9 Å². The third-order valence-corrected chi connectivity index (χ3v) is 7.95. The van der Waals surface area contributed by atoms with E-state index in [0.29, 0.717) is 37.4 Å². The van der Waals surface area contributed by atoms with Gasteiger partial charge in [0.25, 0.3) is 10.0 Å². The zero-order valence-electron chi connectivity index (χ0n) is 16.7. The molecule has 2 N–H and O–H groups in total. The van der Waals surface area contributed by atoms with Crippen LogP contribution in [0.25, 0.3) is 0 Å². The SMILES string of the molecule is CCOc1ccc(NC(=O)CNC(=O)C2CCCN(S(=O)(=O)c3cccs3)C2)cc1. The van der Waals surface area contributed by atoms with Crippen LogP contribution < -0.4 is 15.4 Å². The maximum Gasteiger partial charge on any atom is 0.252 e. The van der Waals surface area contributed by atoms with Crippen LogP contribution in [0.2, 0.25) is 0 Å². The number of nitrogens with one attached hydrogen (secondary N) is 2. The van der Waals surface area contributed by atoms with Crippen LogP contribution >= 0.6 is 11.3 Å². The first kappa shape index (κ1) is 22.3. The Balaban J connectivity index is 1.50. The Morgan fingerprint density at radius 1 is 1.23 bits per heavy atom. The summed E-state index contributed by atoms with van der Waals surface area (Å²) in [7, 11) is -3.58. The molecule has 1 atom stereocenters. The molecular weight excluding hydrogens is 426 g/mol. The molecule has 0 radical (unpaired) electrons. The van der Waals surface area contributed by atoms with Crippen molar-refractivity contribution in [2.75, 3.05) is 31.6 Å². The lowest BCUT2D eigenvalue weighted by Gasteiger charge is -2.30. The number of piperidine rings is 1. The van der Waals surface area contributed by atoms with Gasteiger partial charge in [0.1, 0.15) is 9.96 Å². The van der Waals surface area contributed by atoms with Gasteiger partial charge < -0.3 is 15.4 Å². The number of benzene rings is 1. The van der Waals surface area contributed by atoms with Gasteiger partial charge in [0.05, 0.1) is 19.1 Å². The predicted octanol–water partition coefficient (Wildman–Crippen LogP) is 2.30. The first-order valence-electron chi connectivity index (χ1n) is 9.74. The molecule has 0 spiro atoms. The molecular formula is C20H25N3O5S2. The summed E-state index contributed by atoms with van der Waals surface area (Å²) < 4.78 is 32.3. The number of sulfonamides is 1. The molecule has 2 heterocycles. The van der Waals surface area contributed by atoms with Crippen molar-refractivity contribution < 1.29 is 22.7 Å². The molecule has 0 bridgehead atoms. The number of amides is 2. The van der Waals surface area contributed by atoms with Crippen LogP contribution in [0.1, 0.15) is 19.8 Å². The summed E-state index contributed by atoms with van der Waals surface area (Å²) in [6, 6.07) is 10.2. The second-order valence-electron chi connectivity index (χ2n) is 6.86. The average Bonchev–Trinajstić information content (AvgIpc) is 3.30. The van der Waals surface area contributed by atoms with Crippen molar-refractivity contribution in [2.24, 2.45) is 5.92 Å². The molecule has 8 nitrogen and oxygen atoms in total. The Morgan fingerprint density at radius 3 is 2.67 bits per heavy atom. The number of hydrogen-bond donors (Lipinski definition) is 2. The highest BCUT2D eigenvalue weighted by Gasteiger charge is 2.33. The molecule has 0 saturated carbocycles. The van der Waals surface area contributed by atoms with Crippen molar-refractivity contribution >= 4 is 38.9 Å². The number of ether oxygens (including phenoxy) is 1. The largest absolute Gasteiger partial charge is 0.494 e. The minimum atomic E-state index is -3.58. The molecule has 2 amide bonds. The molecule has 2 aromatic rings. The molecule has 0 aliphatic carbocycles. The van der Waals surface area contributed by atoms with Gasteiger partial charge in [0, 0.05) is 18.8 Å². The van der Waals surface area contributed by atoms with E-state index in [1.807, 2.05) is 6.92 Å². The normalized spacial score (nSPS) is 17.3. The van der Waals surface area contributed by atoms with Crippen LogP contribution in [-0.4, -0.2) is 50.8 Å². The Kier molecular flexibility index (Phi) is 7.46. The Morgan fingerprint density at radius 2 is 2.00 bits per heavy atom. The van der Waals surface area contributed by atoms with Crippen molar-refractivity contribution in [3.63, 3.8) is 0 Å². The average molecular weight is 452 g/mol. The van der Waals surface area contributed by atoms with Crippen molar-refractivity contribution in [3.05, 3.63) is 41.8 Å². The van der Waals surface area contributed by atoms with Crippen molar-refractivity contribution in [2.45, 2.75) is 24.0 Å². The van der Waals surface area contributed by atoms with E-state index in [1.54, 1.807) is 41.8 Å². The van der Waals surface area contributed by atoms with Gasteiger partial charge in [-0.25, -0.2) is 8.42 Å². The molecule has 1 aliphatic rings. The molecule has 1 aliphatic heterocycles. The second kappa shape index (κ2) is 10.1. The first-order valence-corrected chi connectivity index (χ1v) is 12.1. The van der Waals surface area contributed by atoms with E-state index in [0.717, 1.165) is 11.3 Å². The van der Waals surface area contributed by atoms with Crippen LogP contribution in [0.15, 0.2) is 46.0 Å². The fourth-order valence-corrected chi connectivity index (χ4v) is 5.90. The third-order valence-electron chi connectivity index (χ3n) is 4.72. The number of thiophene rings is 1. The number of hydrogen-bond acceptors (Lipinski definition) is 6. The van der Waals surface area contributed by atoms with Crippen LogP contribution in [0.4, 0.5) is 5.69 Å². The van der Waals surface area contributed by atoms with Crippen molar-refractivity contribution in [1.29, 1.82) is 0 Å². The van der Waals surface area contributed by atoms with E-state index in [1.165, 1.54) is 4.31 Å². The number of carbonyl (C=O) groups excluding carboxylic acids is 2. The lowest BCUT2D eigenvalue weighted by molar-refractivity contribution is -0.128. The molecule has 1 aromatic heterocycles. The number of nitrogens with zero attached hydrogens (tertiary/aromatic N) is 1. The van der Waals surface area contributed by atoms with Crippen molar-refractivity contribution in [3.8, 4) is 5.75 Å². The molecule has 1 saturated heterocycles. The summed E-state index contributed by atoms with van der Waals surface area (Å²) in [4.78, 5) is 24.6. The van der Waals surface area contributed by atoms with Gasteiger partial charge in [-0.15, -0.1) is 11.3 Å². The van der Waals surface area contributed by atoms with Crippen LogP contribution in [-0.2, 0) is 19.6 Å². The fourth-order valence-electron chi connectivity index (χ4n) is 3.23. The van der Waals surface area contributed by atoms with Crippen LogP contribution in [0, 0.1) is 5.92 Å². The van der Waals surface area contributed by atoms with Crippen LogP contribution in [0.5, 0.6) is 5.75 Å². The quantitative estimate of drug-likeness (QED) is 0.641. The van der Waals surface area contributed by atoms with E-state index in [9.17, 15) is 18.0 Å². The lowest BCUT2D eigenvalue weighted by atomic mass is 9.99. The predicted molar refractivity (Wildman–Crippen MR) is 115 cm³/mol. The molecule has 162 valence electrons. The standard InChI is InChI=1S/C20H25N3O5S2/c1-2-28-17-9-7-16(8-10-17)22-18(24)13-21-20(25)15-5-3-11-23(14-15)30(26,27)19-6-4-12-29-19/h4,6-10,12,15H,2-3,5,11,13-14H2,1H3,(H,21,25)(H,22,24). The van der Waals surface area contributed by atoms with E-state index in [-0.39, 0.29) is 29.1 Å². The Hall–Kier alpha value is -2.43. The maximum atomic E-state index is 12.7. The molecule has 1 unspecified atom stereocenters. The summed E-state index contributed by atoms with van der Waals surface area (Å²) in [5, 5.41) is 7.04. The molecule has 10 heteroatoms. The number of carbonyl (C=O) groups is 2. The van der Waals surface area contributed by atoms with Gasteiger partial charge in [0.2, 0.25) is 11.8 Å².